The lowest BCUT2D eigenvalue weighted by Crippen LogP contribution is -2.26. The molecule has 1 saturated carbocycles. The Morgan fingerprint density at radius 3 is 2.86 bits per heavy atom. The molecule has 0 aliphatic heterocycles. The quantitative estimate of drug-likeness (QED) is 0.726. The van der Waals surface area contributed by atoms with Crippen LogP contribution in [0.25, 0.3) is 0 Å². The van der Waals surface area contributed by atoms with Crippen molar-refractivity contribution in [2.24, 2.45) is 5.92 Å². The van der Waals surface area contributed by atoms with Crippen molar-refractivity contribution in [1.29, 1.82) is 0 Å². The van der Waals surface area contributed by atoms with Gasteiger partial charge in [0.15, 0.2) is 0 Å². The van der Waals surface area contributed by atoms with Crippen LogP contribution in [0.1, 0.15) is 23.7 Å². The van der Waals surface area contributed by atoms with E-state index in [4.69, 9.17) is 5.73 Å². The van der Waals surface area contributed by atoms with Gasteiger partial charge in [0.1, 0.15) is 5.82 Å². The van der Waals surface area contributed by atoms with Gasteiger partial charge in [-0.15, -0.1) is 0 Å². The zero-order valence-electron chi connectivity index (χ0n) is 8.03. The maximum atomic E-state index is 11.6. The molecule has 1 aliphatic carbocycles. The summed E-state index contributed by atoms with van der Waals surface area (Å²) in [5.74, 6) is 0.980. The number of aromatic nitrogens is 1. The molecule has 14 heavy (non-hydrogen) atoms. The van der Waals surface area contributed by atoms with E-state index in [9.17, 15) is 4.79 Å². The van der Waals surface area contributed by atoms with Crippen LogP contribution in [0.15, 0.2) is 18.3 Å². The number of nitrogen functional groups attached to an aromatic ring is 1. The maximum absolute atomic E-state index is 11.6. The predicted octanol–water partition coefficient (Wildman–Crippen LogP) is 0.802. The molecule has 0 aromatic carbocycles. The summed E-state index contributed by atoms with van der Waals surface area (Å²) in [6.07, 6.45) is 2.58. The fraction of sp³-hybridized carbons (Fsp3) is 0.400. The Morgan fingerprint density at radius 1 is 1.64 bits per heavy atom. The van der Waals surface area contributed by atoms with Gasteiger partial charge in [0.2, 0.25) is 0 Å². The standard InChI is InChI=1S/C10H13N3O/c1-6-4-8(6)13-10(14)7-2-3-9(11)12-5-7/h2-3,5-6,8H,4H2,1H3,(H2,11,12)(H,13,14). The molecule has 4 heteroatoms. The molecule has 1 aromatic heterocycles. The summed E-state index contributed by atoms with van der Waals surface area (Å²) in [5.41, 5.74) is 5.99. The molecule has 2 rings (SSSR count). The highest BCUT2D eigenvalue weighted by Gasteiger charge is 2.33. The van der Waals surface area contributed by atoms with Gasteiger partial charge in [-0.2, -0.15) is 0 Å². The van der Waals surface area contributed by atoms with Gasteiger partial charge in [0, 0.05) is 12.2 Å². The molecule has 0 spiro atoms. The Bertz CT molecular complexity index is 347. The van der Waals surface area contributed by atoms with E-state index < -0.39 is 0 Å². The van der Waals surface area contributed by atoms with Crippen LogP contribution in [0.4, 0.5) is 5.82 Å². The number of pyridine rings is 1. The number of nitrogens with zero attached hydrogens (tertiary/aromatic N) is 1. The van der Waals surface area contributed by atoms with Crippen LogP contribution in [-0.2, 0) is 0 Å². The molecule has 3 N–H and O–H groups in total. The third kappa shape index (κ3) is 1.84. The molecule has 4 nitrogen and oxygen atoms in total. The molecule has 1 amide bonds. The monoisotopic (exact) mass is 191 g/mol. The Labute approximate surface area is 82.5 Å². The average molecular weight is 191 g/mol. The van der Waals surface area contributed by atoms with Gasteiger partial charge in [0.25, 0.3) is 5.91 Å². The van der Waals surface area contributed by atoms with E-state index in [-0.39, 0.29) is 5.91 Å². The summed E-state index contributed by atoms with van der Waals surface area (Å²) >= 11 is 0. The van der Waals surface area contributed by atoms with Crippen LogP contribution >= 0.6 is 0 Å². The number of rotatable bonds is 2. The second kappa shape index (κ2) is 3.29. The molecule has 0 radical (unpaired) electrons. The van der Waals surface area contributed by atoms with Crippen molar-refractivity contribution in [3.63, 3.8) is 0 Å². The smallest absolute Gasteiger partial charge is 0.253 e. The minimum absolute atomic E-state index is 0.0631. The fourth-order valence-corrected chi connectivity index (χ4v) is 1.31. The van der Waals surface area contributed by atoms with Crippen molar-refractivity contribution in [3.8, 4) is 0 Å². The number of nitrogens with one attached hydrogen (secondary N) is 1. The van der Waals surface area contributed by atoms with Crippen LogP contribution in [-0.4, -0.2) is 16.9 Å². The second-order valence-electron chi connectivity index (χ2n) is 3.76. The van der Waals surface area contributed by atoms with Crippen LogP contribution in [0.5, 0.6) is 0 Å². The molecular formula is C10H13N3O. The van der Waals surface area contributed by atoms with E-state index in [1.165, 1.54) is 6.20 Å². The van der Waals surface area contributed by atoms with Crippen molar-refractivity contribution in [2.75, 3.05) is 5.73 Å². The van der Waals surface area contributed by atoms with E-state index in [1.807, 2.05) is 0 Å². The van der Waals surface area contributed by atoms with E-state index in [2.05, 4.69) is 17.2 Å². The number of hydrogen-bond donors (Lipinski definition) is 2. The number of nitrogens with two attached hydrogens (primary N) is 1. The van der Waals surface area contributed by atoms with Crippen molar-refractivity contribution in [2.45, 2.75) is 19.4 Å². The summed E-state index contributed by atoms with van der Waals surface area (Å²) in [4.78, 5) is 15.4. The highest BCUT2D eigenvalue weighted by Crippen LogP contribution is 2.29. The van der Waals surface area contributed by atoms with Crippen LogP contribution in [0.2, 0.25) is 0 Å². The third-order valence-corrected chi connectivity index (χ3v) is 2.47. The first kappa shape index (κ1) is 8.99. The van der Waals surface area contributed by atoms with E-state index in [0.717, 1.165) is 6.42 Å². The molecule has 1 heterocycles. The molecule has 0 bridgehead atoms. The summed E-state index contributed by atoms with van der Waals surface area (Å²) in [6, 6.07) is 3.66. The molecular weight excluding hydrogens is 178 g/mol. The molecule has 1 aromatic rings. The van der Waals surface area contributed by atoms with Crippen molar-refractivity contribution >= 4 is 11.7 Å². The predicted molar refractivity (Wildman–Crippen MR) is 53.7 cm³/mol. The minimum atomic E-state index is -0.0631. The minimum Gasteiger partial charge on any atom is -0.384 e. The van der Waals surface area contributed by atoms with Crippen molar-refractivity contribution < 1.29 is 4.79 Å². The Kier molecular flexibility index (Phi) is 2.11. The van der Waals surface area contributed by atoms with Crippen LogP contribution in [0.3, 0.4) is 0 Å². The second-order valence-corrected chi connectivity index (χ2v) is 3.76. The highest BCUT2D eigenvalue weighted by molar-refractivity contribution is 5.94. The lowest BCUT2D eigenvalue weighted by Gasteiger charge is -2.02. The van der Waals surface area contributed by atoms with Gasteiger partial charge < -0.3 is 11.1 Å². The Hall–Kier alpha value is -1.58. The van der Waals surface area contributed by atoms with Gasteiger partial charge >= 0.3 is 0 Å². The fourth-order valence-electron chi connectivity index (χ4n) is 1.31. The number of hydrogen-bond acceptors (Lipinski definition) is 3. The van der Waals surface area contributed by atoms with E-state index >= 15 is 0 Å². The zero-order chi connectivity index (χ0) is 10.1. The Morgan fingerprint density at radius 2 is 2.36 bits per heavy atom. The number of carbonyl (C=O) groups is 1. The Balaban J connectivity index is 2.00. The average Bonchev–Trinajstić information content (AvgIpc) is 2.82. The van der Waals surface area contributed by atoms with Crippen LogP contribution < -0.4 is 11.1 Å². The first-order valence-corrected chi connectivity index (χ1v) is 4.69. The first-order chi connectivity index (χ1) is 6.66. The van der Waals surface area contributed by atoms with Crippen LogP contribution in [0, 0.1) is 5.92 Å². The lowest BCUT2D eigenvalue weighted by atomic mass is 10.2. The highest BCUT2D eigenvalue weighted by atomic mass is 16.1. The van der Waals surface area contributed by atoms with Crippen molar-refractivity contribution in [3.05, 3.63) is 23.9 Å². The molecule has 2 unspecified atom stereocenters. The molecule has 74 valence electrons. The van der Waals surface area contributed by atoms with E-state index in [0.29, 0.717) is 23.3 Å². The molecule has 1 fully saturated rings. The molecule has 1 aliphatic rings. The summed E-state index contributed by atoms with van der Waals surface area (Å²) in [6.45, 7) is 2.12. The summed E-state index contributed by atoms with van der Waals surface area (Å²) in [7, 11) is 0. The largest absolute Gasteiger partial charge is 0.384 e. The first-order valence-electron chi connectivity index (χ1n) is 4.69. The number of amides is 1. The molecule has 2 atom stereocenters. The lowest BCUT2D eigenvalue weighted by molar-refractivity contribution is 0.0949. The maximum Gasteiger partial charge on any atom is 0.253 e. The topological polar surface area (TPSA) is 68.0 Å². The summed E-state index contributed by atoms with van der Waals surface area (Å²) in [5, 5.41) is 2.92. The van der Waals surface area contributed by atoms with Gasteiger partial charge in [0.05, 0.1) is 5.56 Å². The number of anilines is 1. The zero-order valence-corrected chi connectivity index (χ0v) is 8.03. The normalized spacial score (nSPS) is 24.4. The van der Waals surface area contributed by atoms with E-state index in [1.54, 1.807) is 12.1 Å². The number of carbonyl (C=O) groups excluding carboxylic acids is 1. The molecule has 0 saturated heterocycles. The van der Waals surface area contributed by atoms with Gasteiger partial charge in [-0.25, -0.2) is 4.98 Å². The van der Waals surface area contributed by atoms with Gasteiger partial charge in [-0.05, 0) is 24.5 Å². The van der Waals surface area contributed by atoms with Gasteiger partial charge in [-0.1, -0.05) is 6.92 Å². The summed E-state index contributed by atoms with van der Waals surface area (Å²) < 4.78 is 0. The SMILES string of the molecule is CC1CC1NC(=O)c1ccc(N)nc1. The van der Waals surface area contributed by atoms with Gasteiger partial charge in [-0.3, -0.25) is 4.79 Å². The van der Waals surface area contributed by atoms with Crippen molar-refractivity contribution in [1.82, 2.24) is 10.3 Å². The third-order valence-electron chi connectivity index (χ3n) is 2.47.